The molecule has 12 heavy (non-hydrogen) atoms. The van der Waals surface area contributed by atoms with Crippen LogP contribution < -0.4 is 4.74 Å². The van der Waals surface area contributed by atoms with Crippen LogP contribution in [0.4, 0.5) is 0 Å². The average Bonchev–Trinajstić information content (AvgIpc) is 2.53. The molecule has 0 atom stereocenters. The fraction of sp³-hybridized carbons (Fsp3) is 0.143. The van der Waals surface area contributed by atoms with Gasteiger partial charge in [0.05, 0.1) is 7.11 Å². The van der Waals surface area contributed by atoms with Crippen molar-refractivity contribution in [2.75, 3.05) is 7.11 Å². The van der Waals surface area contributed by atoms with Crippen molar-refractivity contribution in [3.8, 4) is 5.75 Å². The molecule has 4 nitrogen and oxygen atoms in total. The third kappa shape index (κ3) is 0.921. The summed E-state index contributed by atoms with van der Waals surface area (Å²) in [6.45, 7) is 0. The van der Waals surface area contributed by atoms with Crippen molar-refractivity contribution in [1.82, 2.24) is 10.3 Å². The fourth-order valence-corrected chi connectivity index (χ4v) is 1.23. The summed E-state index contributed by atoms with van der Waals surface area (Å²) in [6.07, 6.45) is 0. The molecule has 0 amide bonds. The number of rotatable bonds is 1. The Balaban J connectivity index is 2.78. The second-order valence-corrected chi connectivity index (χ2v) is 2.59. The van der Waals surface area contributed by atoms with Gasteiger partial charge in [0.25, 0.3) is 0 Å². The number of hydrogen-bond acceptors (Lipinski definition) is 4. The first-order valence-electron chi connectivity index (χ1n) is 3.27. The Morgan fingerprint density at radius 1 is 1.42 bits per heavy atom. The monoisotopic (exact) mass is 184 g/mol. The molecule has 0 fully saturated rings. The highest BCUT2D eigenvalue weighted by Crippen LogP contribution is 2.30. The summed E-state index contributed by atoms with van der Waals surface area (Å²) in [7, 11) is 1.54. The second-order valence-electron chi connectivity index (χ2n) is 2.21. The highest BCUT2D eigenvalue weighted by molar-refractivity contribution is 6.36. The van der Waals surface area contributed by atoms with E-state index in [-0.39, 0.29) is 0 Å². The van der Waals surface area contributed by atoms with E-state index in [1.54, 1.807) is 19.2 Å². The first kappa shape index (κ1) is 7.36. The van der Waals surface area contributed by atoms with Gasteiger partial charge in [0.15, 0.2) is 5.52 Å². The molecule has 62 valence electrons. The van der Waals surface area contributed by atoms with Crippen LogP contribution in [0.25, 0.3) is 11.0 Å². The third-order valence-electron chi connectivity index (χ3n) is 1.55. The van der Waals surface area contributed by atoms with Crippen molar-refractivity contribution in [3.63, 3.8) is 0 Å². The Kier molecular flexibility index (Phi) is 1.62. The molecule has 0 spiro atoms. The molecule has 0 aliphatic heterocycles. The Morgan fingerprint density at radius 2 is 2.25 bits per heavy atom. The van der Waals surface area contributed by atoms with E-state index in [2.05, 4.69) is 14.9 Å². The van der Waals surface area contributed by atoms with Crippen LogP contribution in [0, 0.1) is 0 Å². The van der Waals surface area contributed by atoms with Crippen LogP contribution >= 0.6 is 11.6 Å². The summed E-state index contributed by atoms with van der Waals surface area (Å²) in [5.74, 6) is 0.569. The van der Waals surface area contributed by atoms with Gasteiger partial charge < -0.3 is 4.74 Å². The zero-order valence-electron chi connectivity index (χ0n) is 6.24. The van der Waals surface area contributed by atoms with E-state index in [1.807, 2.05) is 0 Å². The van der Waals surface area contributed by atoms with E-state index in [9.17, 15) is 0 Å². The van der Waals surface area contributed by atoms with Crippen molar-refractivity contribution in [2.45, 2.75) is 0 Å². The summed E-state index contributed by atoms with van der Waals surface area (Å²) in [4.78, 5) is 0. The molecule has 1 aromatic heterocycles. The topological polar surface area (TPSA) is 48.2 Å². The van der Waals surface area contributed by atoms with Crippen LogP contribution in [-0.4, -0.2) is 17.4 Å². The quantitative estimate of drug-likeness (QED) is 0.679. The van der Waals surface area contributed by atoms with Gasteiger partial charge in [0, 0.05) is 0 Å². The van der Waals surface area contributed by atoms with Gasteiger partial charge in [-0.1, -0.05) is 11.6 Å². The first-order chi connectivity index (χ1) is 5.83. The number of hydrogen-bond donors (Lipinski definition) is 0. The molecular weight excluding hydrogens is 180 g/mol. The average molecular weight is 185 g/mol. The van der Waals surface area contributed by atoms with Crippen molar-refractivity contribution in [1.29, 1.82) is 0 Å². The number of fused-ring (bicyclic) bond motifs is 1. The molecular formula is C7H5ClN2O2. The van der Waals surface area contributed by atoms with Crippen LogP contribution in [0.15, 0.2) is 16.8 Å². The minimum absolute atomic E-state index is 0.427. The normalized spacial score (nSPS) is 10.5. The minimum atomic E-state index is 0.427. The summed E-state index contributed by atoms with van der Waals surface area (Å²) in [6, 6.07) is 3.45. The van der Waals surface area contributed by atoms with Gasteiger partial charge in [-0.25, -0.2) is 4.63 Å². The molecule has 0 saturated carbocycles. The predicted molar refractivity (Wildman–Crippen MR) is 43.4 cm³/mol. The zero-order chi connectivity index (χ0) is 8.55. The zero-order valence-corrected chi connectivity index (χ0v) is 7.00. The molecule has 0 aliphatic carbocycles. The molecule has 2 aromatic rings. The molecule has 1 aromatic carbocycles. The molecule has 0 saturated heterocycles. The van der Waals surface area contributed by atoms with Crippen molar-refractivity contribution in [2.24, 2.45) is 0 Å². The molecule has 0 bridgehead atoms. The van der Waals surface area contributed by atoms with Gasteiger partial charge in [0.1, 0.15) is 16.3 Å². The van der Waals surface area contributed by atoms with E-state index in [1.165, 1.54) is 0 Å². The van der Waals surface area contributed by atoms with Crippen molar-refractivity contribution < 1.29 is 9.37 Å². The van der Waals surface area contributed by atoms with Gasteiger partial charge in [-0.15, -0.1) is 0 Å². The molecule has 0 N–H and O–H groups in total. The van der Waals surface area contributed by atoms with Crippen molar-refractivity contribution in [3.05, 3.63) is 17.2 Å². The van der Waals surface area contributed by atoms with Crippen molar-refractivity contribution >= 4 is 22.6 Å². The number of methoxy groups -OCH3 is 1. The standard InChI is InChI=1S/C7H5ClN2O2/c1-11-5-3-2-4-7(6(5)8)10-12-9-4/h2-3H,1H3. The number of halogens is 1. The van der Waals surface area contributed by atoms with Gasteiger partial charge in [-0.2, -0.15) is 0 Å². The molecule has 1 heterocycles. The maximum Gasteiger partial charge on any atom is 0.157 e. The van der Waals surface area contributed by atoms with Crippen LogP contribution in [0.3, 0.4) is 0 Å². The third-order valence-corrected chi connectivity index (χ3v) is 1.92. The summed E-state index contributed by atoms with van der Waals surface area (Å²) >= 11 is 5.90. The van der Waals surface area contributed by atoms with E-state index in [4.69, 9.17) is 16.3 Å². The highest BCUT2D eigenvalue weighted by Gasteiger charge is 2.09. The highest BCUT2D eigenvalue weighted by atomic mass is 35.5. The molecule has 0 aliphatic rings. The van der Waals surface area contributed by atoms with Crippen LogP contribution in [0.2, 0.25) is 5.02 Å². The smallest absolute Gasteiger partial charge is 0.157 e. The van der Waals surface area contributed by atoms with Gasteiger partial charge in [-0.05, 0) is 22.4 Å². The molecule has 5 heteroatoms. The Hall–Kier alpha value is -1.29. The number of ether oxygens (including phenoxy) is 1. The first-order valence-corrected chi connectivity index (χ1v) is 3.65. The Bertz CT molecular complexity index is 413. The lowest BCUT2D eigenvalue weighted by atomic mass is 10.3. The van der Waals surface area contributed by atoms with Gasteiger partial charge >= 0.3 is 0 Å². The summed E-state index contributed by atoms with van der Waals surface area (Å²) in [5.41, 5.74) is 1.15. The number of aromatic nitrogens is 2. The lowest BCUT2D eigenvalue weighted by Gasteiger charge is -1.99. The Morgan fingerprint density at radius 3 is 3.00 bits per heavy atom. The lowest BCUT2D eigenvalue weighted by molar-refractivity contribution is 0.315. The van der Waals surface area contributed by atoms with E-state index >= 15 is 0 Å². The summed E-state index contributed by atoms with van der Waals surface area (Å²) < 4.78 is 9.49. The SMILES string of the molecule is COc1ccc2nonc2c1Cl. The molecule has 0 unspecified atom stereocenters. The number of benzene rings is 1. The maximum atomic E-state index is 5.90. The summed E-state index contributed by atoms with van der Waals surface area (Å²) in [5, 5.41) is 7.68. The molecule has 2 rings (SSSR count). The van der Waals surface area contributed by atoms with E-state index in [0.29, 0.717) is 21.8 Å². The predicted octanol–water partition coefficient (Wildman–Crippen LogP) is 1.88. The number of nitrogens with zero attached hydrogens (tertiary/aromatic N) is 2. The van der Waals surface area contributed by atoms with Gasteiger partial charge in [0.2, 0.25) is 0 Å². The largest absolute Gasteiger partial charge is 0.495 e. The fourth-order valence-electron chi connectivity index (χ4n) is 0.959. The lowest BCUT2D eigenvalue weighted by Crippen LogP contribution is -1.84. The van der Waals surface area contributed by atoms with Crippen LogP contribution in [-0.2, 0) is 0 Å². The van der Waals surface area contributed by atoms with E-state index < -0.39 is 0 Å². The van der Waals surface area contributed by atoms with E-state index in [0.717, 1.165) is 0 Å². The van der Waals surface area contributed by atoms with Crippen LogP contribution in [0.5, 0.6) is 5.75 Å². The Labute approximate surface area is 73.0 Å². The van der Waals surface area contributed by atoms with Gasteiger partial charge in [-0.3, -0.25) is 0 Å². The second kappa shape index (κ2) is 2.64. The minimum Gasteiger partial charge on any atom is -0.495 e. The van der Waals surface area contributed by atoms with Crippen LogP contribution in [0.1, 0.15) is 0 Å². The maximum absolute atomic E-state index is 5.90. The molecule has 0 radical (unpaired) electrons.